The Morgan fingerprint density at radius 1 is 1.10 bits per heavy atom. The van der Waals surface area contributed by atoms with Crippen LogP contribution in [0.5, 0.6) is 11.5 Å². The second kappa shape index (κ2) is 9.46. The van der Waals surface area contributed by atoms with Gasteiger partial charge in [0, 0.05) is 23.4 Å². The van der Waals surface area contributed by atoms with Crippen molar-refractivity contribution in [2.45, 2.75) is 17.9 Å². The summed E-state index contributed by atoms with van der Waals surface area (Å²) in [4.78, 5) is 16.4. The molecule has 1 N–H and O–H groups in total. The molecule has 1 aliphatic heterocycles. The highest BCUT2D eigenvalue weighted by atomic mass is 32.2. The zero-order chi connectivity index (χ0) is 21.7. The molecule has 0 fully saturated rings. The van der Waals surface area contributed by atoms with Crippen LogP contribution in [0.4, 0.5) is 0 Å². The number of nitrogens with one attached hydrogen (secondary N) is 1. The molecule has 2 heterocycles. The Kier molecular flexibility index (Phi) is 6.50. The van der Waals surface area contributed by atoms with Crippen molar-refractivity contribution in [3.05, 3.63) is 59.6 Å². The number of hydrogen-bond acceptors (Lipinski definition) is 8. The molecule has 0 spiro atoms. The molecule has 0 saturated carbocycles. The van der Waals surface area contributed by atoms with Crippen molar-refractivity contribution < 1.29 is 27.4 Å². The summed E-state index contributed by atoms with van der Waals surface area (Å²) in [7, 11) is -3.92. The van der Waals surface area contributed by atoms with Gasteiger partial charge in [-0.05, 0) is 12.1 Å². The second-order valence-corrected chi connectivity index (χ2v) is 9.28. The molecule has 10 heteroatoms. The van der Waals surface area contributed by atoms with Gasteiger partial charge in [-0.25, -0.2) is 13.4 Å². The number of ether oxygens (including phenoxy) is 3. The first-order valence-electron chi connectivity index (χ1n) is 9.56. The average Bonchev–Trinajstić information content (AvgIpc) is 3.14. The Morgan fingerprint density at radius 2 is 1.87 bits per heavy atom. The van der Waals surface area contributed by atoms with E-state index in [2.05, 4.69) is 9.71 Å². The minimum Gasteiger partial charge on any atom is -0.490 e. The van der Waals surface area contributed by atoms with E-state index in [1.165, 1.54) is 23.5 Å². The van der Waals surface area contributed by atoms with E-state index >= 15 is 0 Å². The molecule has 31 heavy (non-hydrogen) atoms. The van der Waals surface area contributed by atoms with Crippen LogP contribution in [0.3, 0.4) is 0 Å². The lowest BCUT2D eigenvalue weighted by molar-refractivity contribution is -0.143. The largest absolute Gasteiger partial charge is 0.490 e. The number of carbonyl (C=O) groups is 1. The van der Waals surface area contributed by atoms with Crippen LogP contribution < -0.4 is 14.2 Å². The van der Waals surface area contributed by atoms with E-state index in [9.17, 15) is 13.2 Å². The van der Waals surface area contributed by atoms with Crippen LogP contribution in [0.15, 0.2) is 58.8 Å². The molecule has 0 unspecified atom stereocenters. The van der Waals surface area contributed by atoms with Crippen molar-refractivity contribution in [1.82, 2.24) is 9.71 Å². The van der Waals surface area contributed by atoms with Gasteiger partial charge < -0.3 is 14.2 Å². The molecule has 3 aromatic rings. The Hall–Kier alpha value is -2.95. The van der Waals surface area contributed by atoms with Crippen molar-refractivity contribution in [2.24, 2.45) is 0 Å². The predicted octanol–water partition coefficient (Wildman–Crippen LogP) is 2.99. The van der Waals surface area contributed by atoms with Crippen LogP contribution in [-0.2, 0) is 26.2 Å². The fourth-order valence-electron chi connectivity index (χ4n) is 2.84. The predicted molar refractivity (Wildman–Crippen MR) is 115 cm³/mol. The Bertz CT molecular complexity index is 1160. The Labute approximate surface area is 183 Å². The lowest BCUT2D eigenvalue weighted by Crippen LogP contribution is -2.30. The van der Waals surface area contributed by atoms with Gasteiger partial charge in [0.25, 0.3) is 0 Å². The molecule has 0 amide bonds. The third kappa shape index (κ3) is 5.40. The van der Waals surface area contributed by atoms with Crippen molar-refractivity contribution in [3.8, 4) is 22.1 Å². The number of benzene rings is 2. The van der Waals surface area contributed by atoms with Gasteiger partial charge in [-0.1, -0.05) is 30.3 Å². The van der Waals surface area contributed by atoms with Crippen LogP contribution in [0, 0.1) is 0 Å². The quantitative estimate of drug-likeness (QED) is 0.541. The van der Waals surface area contributed by atoms with Gasteiger partial charge in [0.05, 0.1) is 23.8 Å². The average molecular weight is 461 g/mol. The van der Waals surface area contributed by atoms with E-state index in [1.54, 1.807) is 11.4 Å². The van der Waals surface area contributed by atoms with Gasteiger partial charge >= 0.3 is 5.97 Å². The van der Waals surface area contributed by atoms with Gasteiger partial charge in [-0.3, -0.25) is 4.79 Å². The first-order valence-corrected chi connectivity index (χ1v) is 11.9. The zero-order valence-electron chi connectivity index (χ0n) is 16.4. The Morgan fingerprint density at radius 3 is 2.68 bits per heavy atom. The van der Waals surface area contributed by atoms with Crippen LogP contribution in [0.25, 0.3) is 10.6 Å². The van der Waals surface area contributed by atoms with Gasteiger partial charge in [0.1, 0.15) is 18.2 Å². The van der Waals surface area contributed by atoms with Crippen molar-refractivity contribution >= 4 is 27.3 Å². The van der Waals surface area contributed by atoms with E-state index in [0.29, 0.717) is 36.8 Å². The molecule has 162 valence electrons. The SMILES string of the molecule is O=C(CNS(=O)(=O)c1ccc2c(c1)OCCCO2)OCc1csc(-c2ccccc2)n1. The number of hydrogen-bond donors (Lipinski definition) is 1. The minimum atomic E-state index is -3.92. The molecule has 1 aliphatic rings. The molecule has 0 radical (unpaired) electrons. The summed E-state index contributed by atoms with van der Waals surface area (Å²) < 4.78 is 43.4. The molecular formula is C21H20N2O6S2. The van der Waals surface area contributed by atoms with Gasteiger partial charge in [0.2, 0.25) is 10.0 Å². The molecule has 1 aromatic heterocycles. The lowest BCUT2D eigenvalue weighted by atomic mass is 10.2. The maximum Gasteiger partial charge on any atom is 0.321 e. The minimum absolute atomic E-state index is 0.0171. The number of rotatable bonds is 7. The Balaban J connectivity index is 1.31. The van der Waals surface area contributed by atoms with Gasteiger partial charge in [-0.2, -0.15) is 4.72 Å². The van der Waals surface area contributed by atoms with E-state index < -0.39 is 22.5 Å². The number of aromatic nitrogens is 1. The lowest BCUT2D eigenvalue weighted by Gasteiger charge is -2.10. The number of esters is 1. The highest BCUT2D eigenvalue weighted by Crippen LogP contribution is 2.31. The molecule has 8 nitrogen and oxygen atoms in total. The molecule has 0 bridgehead atoms. The summed E-state index contributed by atoms with van der Waals surface area (Å²) in [5.74, 6) is 0.155. The van der Waals surface area contributed by atoms with Crippen molar-refractivity contribution in [1.29, 1.82) is 0 Å². The van der Waals surface area contributed by atoms with E-state index in [0.717, 1.165) is 10.6 Å². The maximum absolute atomic E-state index is 12.5. The summed E-state index contributed by atoms with van der Waals surface area (Å²) in [5, 5.41) is 2.62. The van der Waals surface area contributed by atoms with Crippen LogP contribution in [0.2, 0.25) is 0 Å². The molecule has 4 rings (SSSR count). The smallest absolute Gasteiger partial charge is 0.321 e. The molecule has 2 aromatic carbocycles. The van der Waals surface area contributed by atoms with Crippen molar-refractivity contribution in [3.63, 3.8) is 0 Å². The van der Waals surface area contributed by atoms with E-state index in [4.69, 9.17) is 14.2 Å². The first kappa shape index (κ1) is 21.3. The summed E-state index contributed by atoms with van der Waals surface area (Å²) in [5.41, 5.74) is 1.58. The number of thiazole rings is 1. The highest BCUT2D eigenvalue weighted by molar-refractivity contribution is 7.89. The third-order valence-electron chi connectivity index (χ3n) is 4.39. The standard InChI is InChI=1S/C21H20N2O6S2/c24-20(29-13-16-14-30-21(23-16)15-5-2-1-3-6-15)12-22-31(25,26)17-7-8-18-19(11-17)28-10-4-9-27-18/h1-3,5-8,11,14,22H,4,9-10,12-13H2. The monoisotopic (exact) mass is 460 g/mol. The summed E-state index contributed by atoms with van der Waals surface area (Å²) in [6.45, 7) is 0.425. The number of carbonyl (C=O) groups excluding carboxylic acids is 1. The molecular weight excluding hydrogens is 440 g/mol. The summed E-state index contributed by atoms with van der Waals surface area (Å²) >= 11 is 1.45. The third-order valence-corrected chi connectivity index (χ3v) is 6.73. The van der Waals surface area contributed by atoms with Gasteiger partial charge in [-0.15, -0.1) is 11.3 Å². The molecule has 0 aliphatic carbocycles. The van der Waals surface area contributed by atoms with E-state index in [1.807, 2.05) is 30.3 Å². The van der Waals surface area contributed by atoms with Crippen molar-refractivity contribution in [2.75, 3.05) is 19.8 Å². The summed E-state index contributed by atoms with van der Waals surface area (Å²) in [6.07, 6.45) is 0.715. The number of fused-ring (bicyclic) bond motifs is 1. The maximum atomic E-state index is 12.5. The zero-order valence-corrected chi connectivity index (χ0v) is 18.1. The number of sulfonamides is 1. The van der Waals surface area contributed by atoms with Crippen LogP contribution >= 0.6 is 11.3 Å². The summed E-state index contributed by atoms with van der Waals surface area (Å²) in [6, 6.07) is 14.0. The fourth-order valence-corrected chi connectivity index (χ4v) is 4.63. The number of nitrogens with zero attached hydrogens (tertiary/aromatic N) is 1. The van der Waals surface area contributed by atoms with Crippen LogP contribution in [-0.4, -0.2) is 39.1 Å². The normalized spacial score (nSPS) is 13.4. The van der Waals surface area contributed by atoms with Gasteiger partial charge in [0.15, 0.2) is 11.5 Å². The topological polar surface area (TPSA) is 104 Å². The molecule has 0 saturated heterocycles. The molecule has 0 atom stereocenters. The first-order chi connectivity index (χ1) is 15.0. The van der Waals surface area contributed by atoms with E-state index in [-0.39, 0.29) is 11.5 Å². The fraction of sp³-hybridized carbons (Fsp3) is 0.238. The van der Waals surface area contributed by atoms with Crippen LogP contribution in [0.1, 0.15) is 12.1 Å². The highest BCUT2D eigenvalue weighted by Gasteiger charge is 2.20. The second-order valence-electron chi connectivity index (χ2n) is 6.65.